The summed E-state index contributed by atoms with van der Waals surface area (Å²) < 4.78 is 0. The van der Waals surface area contributed by atoms with Gasteiger partial charge in [0, 0.05) is 0 Å². The van der Waals surface area contributed by atoms with Gasteiger partial charge in [-0.3, -0.25) is 4.79 Å². The molecular formula is C11H19O. The Morgan fingerprint density at radius 1 is 1.17 bits per heavy atom. The monoisotopic (exact) mass is 167 g/mol. The summed E-state index contributed by atoms with van der Waals surface area (Å²) in [5.74, 6) is 0. The van der Waals surface area contributed by atoms with E-state index in [0.29, 0.717) is 5.57 Å². The lowest BCUT2D eigenvalue weighted by molar-refractivity contribution is 0.557. The van der Waals surface area contributed by atoms with Crippen molar-refractivity contribution in [2.45, 2.75) is 51.9 Å². The minimum Gasteiger partial charge on any atom is -0.285 e. The van der Waals surface area contributed by atoms with Gasteiger partial charge in [-0.15, -0.1) is 0 Å². The van der Waals surface area contributed by atoms with Crippen LogP contribution < -0.4 is 0 Å². The molecule has 1 heteroatoms. The number of carbonyl (C=O) groups excluding carboxylic acids is 1. The Hall–Kier alpha value is -0.590. The number of hydrogen-bond acceptors (Lipinski definition) is 1. The standard InChI is InChI=1S/C11H19O/c1-3-4-5-6-7-8-9-11(2)10-12/h2-9H2,1H3. The average Bonchev–Trinajstić information content (AvgIpc) is 2.10. The molecule has 0 saturated carbocycles. The van der Waals surface area contributed by atoms with Gasteiger partial charge in [-0.05, 0) is 18.4 Å². The lowest BCUT2D eigenvalue weighted by atomic mass is 10.1. The largest absolute Gasteiger partial charge is 0.285 e. The van der Waals surface area contributed by atoms with Crippen molar-refractivity contribution < 1.29 is 4.79 Å². The van der Waals surface area contributed by atoms with E-state index in [9.17, 15) is 4.79 Å². The number of allylic oxidation sites excluding steroid dienone is 1. The molecule has 0 bridgehead atoms. The summed E-state index contributed by atoms with van der Waals surface area (Å²) >= 11 is 0. The van der Waals surface area contributed by atoms with Gasteiger partial charge in [-0.25, -0.2) is 0 Å². The number of hydrogen-bond donors (Lipinski definition) is 0. The quantitative estimate of drug-likeness (QED) is 0.400. The highest BCUT2D eigenvalue weighted by molar-refractivity contribution is 5.72. The van der Waals surface area contributed by atoms with Gasteiger partial charge >= 0.3 is 0 Å². The highest BCUT2D eigenvalue weighted by Gasteiger charge is 1.93. The Bertz CT molecular complexity index is 127. The van der Waals surface area contributed by atoms with Crippen molar-refractivity contribution in [2.24, 2.45) is 0 Å². The van der Waals surface area contributed by atoms with Crippen LogP contribution in [0.1, 0.15) is 51.9 Å². The van der Waals surface area contributed by atoms with E-state index in [1.54, 1.807) is 0 Å². The molecule has 0 amide bonds. The molecule has 0 unspecified atom stereocenters. The maximum absolute atomic E-state index is 10.0. The molecule has 0 aromatic heterocycles. The van der Waals surface area contributed by atoms with Gasteiger partial charge < -0.3 is 0 Å². The molecule has 1 radical (unpaired) electrons. The zero-order chi connectivity index (χ0) is 9.23. The lowest BCUT2D eigenvalue weighted by Crippen LogP contribution is -1.83. The molecule has 69 valence electrons. The molecule has 0 spiro atoms. The van der Waals surface area contributed by atoms with Crippen LogP contribution in [0, 0.1) is 0 Å². The summed E-state index contributed by atoms with van der Waals surface area (Å²) in [6.07, 6.45) is 10.2. The molecule has 0 aromatic carbocycles. The Labute approximate surface area is 75.9 Å². The maximum atomic E-state index is 10.0. The molecule has 0 atom stereocenters. The zero-order valence-electron chi connectivity index (χ0n) is 8.07. The Morgan fingerprint density at radius 3 is 2.33 bits per heavy atom. The van der Waals surface area contributed by atoms with E-state index in [-0.39, 0.29) is 0 Å². The molecular weight excluding hydrogens is 148 g/mol. The second kappa shape index (κ2) is 8.51. The normalized spacial score (nSPS) is 9.75. The predicted molar refractivity (Wildman–Crippen MR) is 52.8 cm³/mol. The maximum Gasteiger partial charge on any atom is 0.228 e. The van der Waals surface area contributed by atoms with Crippen LogP contribution in [0.3, 0.4) is 0 Å². The molecule has 0 saturated heterocycles. The minimum atomic E-state index is 0.616. The van der Waals surface area contributed by atoms with Crippen molar-refractivity contribution >= 4 is 6.29 Å². The van der Waals surface area contributed by atoms with Crippen molar-refractivity contribution in [2.75, 3.05) is 0 Å². The molecule has 0 aliphatic heterocycles. The van der Waals surface area contributed by atoms with Crippen LogP contribution in [0.2, 0.25) is 0 Å². The van der Waals surface area contributed by atoms with Crippen LogP contribution in [-0.2, 0) is 4.79 Å². The van der Waals surface area contributed by atoms with E-state index >= 15 is 0 Å². The first-order valence-corrected chi connectivity index (χ1v) is 4.87. The molecule has 0 fully saturated rings. The van der Waals surface area contributed by atoms with Crippen LogP contribution in [0.15, 0.2) is 12.2 Å². The van der Waals surface area contributed by atoms with Crippen molar-refractivity contribution in [3.63, 3.8) is 0 Å². The zero-order valence-corrected chi connectivity index (χ0v) is 8.07. The summed E-state index contributed by atoms with van der Waals surface area (Å²) in [6.45, 7) is 5.80. The molecule has 0 rings (SSSR count). The van der Waals surface area contributed by atoms with Gasteiger partial charge in [-0.1, -0.05) is 45.6 Å². The number of rotatable bonds is 8. The van der Waals surface area contributed by atoms with Crippen LogP contribution in [0.4, 0.5) is 0 Å². The summed E-state index contributed by atoms with van der Waals surface area (Å²) in [7, 11) is 0. The Kier molecular flexibility index (Phi) is 8.09. The smallest absolute Gasteiger partial charge is 0.228 e. The summed E-state index contributed by atoms with van der Waals surface area (Å²) in [4.78, 5) is 10.0. The second-order valence-corrected chi connectivity index (χ2v) is 3.22. The molecule has 0 aliphatic carbocycles. The van der Waals surface area contributed by atoms with Gasteiger partial charge in [0.1, 0.15) is 0 Å². The molecule has 0 aliphatic rings. The van der Waals surface area contributed by atoms with E-state index in [1.165, 1.54) is 32.1 Å². The van der Waals surface area contributed by atoms with Gasteiger partial charge in [-0.2, -0.15) is 0 Å². The third-order valence-corrected chi connectivity index (χ3v) is 1.98. The Balaban J connectivity index is 3.00. The fourth-order valence-corrected chi connectivity index (χ4v) is 1.17. The third kappa shape index (κ3) is 7.52. The van der Waals surface area contributed by atoms with Gasteiger partial charge in [0.2, 0.25) is 6.29 Å². The highest BCUT2D eigenvalue weighted by Crippen LogP contribution is 2.09. The minimum absolute atomic E-state index is 0.616. The molecule has 1 nitrogen and oxygen atoms in total. The van der Waals surface area contributed by atoms with Gasteiger partial charge in [0.05, 0.1) is 0 Å². The molecule has 12 heavy (non-hydrogen) atoms. The predicted octanol–water partition coefficient (Wildman–Crippen LogP) is 3.40. The molecule has 0 heterocycles. The van der Waals surface area contributed by atoms with Crippen molar-refractivity contribution in [1.29, 1.82) is 0 Å². The summed E-state index contributed by atoms with van der Waals surface area (Å²) in [6, 6.07) is 0. The van der Waals surface area contributed by atoms with E-state index < -0.39 is 0 Å². The average molecular weight is 167 g/mol. The fourth-order valence-electron chi connectivity index (χ4n) is 1.17. The van der Waals surface area contributed by atoms with Crippen molar-refractivity contribution in [1.82, 2.24) is 0 Å². The van der Waals surface area contributed by atoms with Crippen LogP contribution in [-0.4, -0.2) is 6.29 Å². The van der Waals surface area contributed by atoms with Crippen molar-refractivity contribution in [3.05, 3.63) is 12.2 Å². The highest BCUT2D eigenvalue weighted by atomic mass is 16.1. The van der Waals surface area contributed by atoms with Gasteiger partial charge in [0.25, 0.3) is 0 Å². The Morgan fingerprint density at radius 2 is 1.75 bits per heavy atom. The first-order chi connectivity index (χ1) is 5.81. The van der Waals surface area contributed by atoms with Crippen LogP contribution in [0.5, 0.6) is 0 Å². The van der Waals surface area contributed by atoms with E-state index in [1.807, 2.05) is 6.29 Å². The molecule has 0 aromatic rings. The third-order valence-electron chi connectivity index (χ3n) is 1.98. The SMILES string of the molecule is C=C([C]=O)CCCCCCCC. The van der Waals surface area contributed by atoms with Gasteiger partial charge in [0.15, 0.2) is 0 Å². The van der Waals surface area contributed by atoms with E-state index in [4.69, 9.17) is 0 Å². The van der Waals surface area contributed by atoms with E-state index in [0.717, 1.165) is 12.8 Å². The summed E-state index contributed by atoms with van der Waals surface area (Å²) in [5, 5.41) is 0. The van der Waals surface area contributed by atoms with E-state index in [2.05, 4.69) is 13.5 Å². The van der Waals surface area contributed by atoms with Crippen molar-refractivity contribution in [3.8, 4) is 0 Å². The topological polar surface area (TPSA) is 17.1 Å². The van der Waals surface area contributed by atoms with Crippen LogP contribution in [0.25, 0.3) is 0 Å². The number of unbranched alkanes of at least 4 members (excludes halogenated alkanes) is 5. The second-order valence-electron chi connectivity index (χ2n) is 3.22. The molecule has 0 N–H and O–H groups in total. The van der Waals surface area contributed by atoms with Crippen LogP contribution >= 0.6 is 0 Å². The first-order valence-electron chi connectivity index (χ1n) is 4.87. The fraction of sp³-hybridized carbons (Fsp3) is 0.727. The summed E-state index contributed by atoms with van der Waals surface area (Å²) in [5.41, 5.74) is 0.616. The first kappa shape index (κ1) is 11.4. The lowest BCUT2D eigenvalue weighted by Gasteiger charge is -1.98.